The molecule has 0 aromatic heterocycles. The molecular weight excluding hydrogens is 252 g/mol. The number of benzene rings is 1. The number of hydrogen-bond donors (Lipinski definition) is 1. The van der Waals surface area contributed by atoms with Gasteiger partial charge in [-0.2, -0.15) is 0 Å². The van der Waals surface area contributed by atoms with Crippen molar-refractivity contribution in [3.63, 3.8) is 0 Å². The maximum Gasteiger partial charge on any atom is 0.230 e. The zero-order valence-electron chi connectivity index (χ0n) is 11.5. The van der Waals surface area contributed by atoms with Gasteiger partial charge < -0.3 is 10.2 Å². The third kappa shape index (κ3) is 3.57. The summed E-state index contributed by atoms with van der Waals surface area (Å²) < 4.78 is 0. The molecule has 0 fully saturated rings. The summed E-state index contributed by atoms with van der Waals surface area (Å²) in [5.41, 5.74) is 0.695. The molecule has 2 rings (SSSR count). The van der Waals surface area contributed by atoms with Gasteiger partial charge in [-0.3, -0.25) is 9.59 Å². The van der Waals surface area contributed by atoms with E-state index in [1.807, 2.05) is 25.1 Å². The topological polar surface area (TPSA) is 49.4 Å². The Morgan fingerprint density at radius 2 is 1.80 bits per heavy atom. The van der Waals surface area contributed by atoms with Crippen LogP contribution in [0.3, 0.4) is 0 Å². The number of amides is 1. The maximum atomic E-state index is 12.0. The molecule has 1 aromatic rings. The molecule has 0 bridgehead atoms. The molecule has 0 saturated heterocycles. The van der Waals surface area contributed by atoms with E-state index in [-0.39, 0.29) is 24.2 Å². The minimum atomic E-state index is -0.252. The van der Waals surface area contributed by atoms with Gasteiger partial charge in [0.1, 0.15) is 0 Å². The first-order valence-corrected chi connectivity index (χ1v) is 6.69. The first-order valence-electron chi connectivity index (χ1n) is 6.69. The first kappa shape index (κ1) is 14.1. The van der Waals surface area contributed by atoms with Gasteiger partial charge in [-0.15, -0.1) is 0 Å². The van der Waals surface area contributed by atoms with Gasteiger partial charge in [-0.05, 0) is 6.92 Å². The number of ketones is 1. The predicted molar refractivity (Wildman–Crippen MR) is 77.9 cm³/mol. The van der Waals surface area contributed by atoms with Crippen molar-refractivity contribution in [3.05, 3.63) is 60.4 Å². The average Bonchev–Trinajstić information content (AvgIpc) is 2.49. The number of nitrogens with zero attached hydrogens (tertiary/aromatic N) is 1. The summed E-state index contributed by atoms with van der Waals surface area (Å²) in [6.45, 7) is 2.78. The van der Waals surface area contributed by atoms with Crippen LogP contribution in [0, 0.1) is 5.92 Å². The zero-order chi connectivity index (χ0) is 14.4. The Hall–Kier alpha value is -2.36. The zero-order valence-corrected chi connectivity index (χ0v) is 11.5. The lowest BCUT2D eigenvalue weighted by Gasteiger charge is -2.20. The van der Waals surface area contributed by atoms with Crippen molar-refractivity contribution in [1.82, 2.24) is 10.2 Å². The van der Waals surface area contributed by atoms with Crippen molar-refractivity contribution in [2.45, 2.75) is 6.92 Å². The van der Waals surface area contributed by atoms with Gasteiger partial charge in [0.05, 0.1) is 12.5 Å². The van der Waals surface area contributed by atoms with Crippen LogP contribution in [0.4, 0.5) is 0 Å². The number of Topliss-reactive ketones (excluding diaryl/α,β-unsaturated/α-hetero) is 1. The summed E-state index contributed by atoms with van der Waals surface area (Å²) in [5, 5.41) is 2.77. The van der Waals surface area contributed by atoms with E-state index < -0.39 is 0 Å². The Bertz CT molecular complexity index is 521. The Kier molecular flexibility index (Phi) is 4.71. The fourth-order valence-electron chi connectivity index (χ4n) is 1.97. The molecule has 104 valence electrons. The molecule has 1 N–H and O–H groups in total. The molecule has 1 aliphatic heterocycles. The Morgan fingerprint density at radius 1 is 1.15 bits per heavy atom. The summed E-state index contributed by atoms with van der Waals surface area (Å²) in [7, 11) is 0. The van der Waals surface area contributed by atoms with E-state index in [0.717, 1.165) is 0 Å². The lowest BCUT2D eigenvalue weighted by molar-refractivity contribution is -0.122. The Balaban J connectivity index is 1.91. The van der Waals surface area contributed by atoms with Crippen molar-refractivity contribution >= 4 is 11.7 Å². The van der Waals surface area contributed by atoms with E-state index in [9.17, 15) is 9.59 Å². The standard InChI is InChI=1S/C16H18N2O2/c1-2-17-16(20)14-8-10-18(11-9-14)12-15(19)13-6-4-3-5-7-13/h3-11,14H,2,12H2,1H3,(H,17,20). The second-order valence-electron chi connectivity index (χ2n) is 4.56. The number of rotatable bonds is 5. The fraction of sp³-hybridized carbons (Fsp3) is 0.250. The predicted octanol–water partition coefficient (Wildman–Crippen LogP) is 1.96. The number of nitrogens with one attached hydrogen (secondary N) is 1. The molecule has 1 aromatic carbocycles. The molecule has 4 nitrogen and oxygen atoms in total. The van der Waals surface area contributed by atoms with Crippen molar-refractivity contribution in [2.24, 2.45) is 5.92 Å². The third-order valence-corrected chi connectivity index (χ3v) is 3.05. The monoisotopic (exact) mass is 270 g/mol. The van der Waals surface area contributed by atoms with E-state index in [1.165, 1.54) is 0 Å². The van der Waals surface area contributed by atoms with Crippen LogP contribution in [0.2, 0.25) is 0 Å². The number of hydrogen-bond acceptors (Lipinski definition) is 3. The SMILES string of the molecule is CCNC(=O)C1C=CN(CC(=O)c2ccccc2)C=C1. The third-order valence-electron chi connectivity index (χ3n) is 3.05. The van der Waals surface area contributed by atoms with Crippen LogP contribution in [0.1, 0.15) is 17.3 Å². The van der Waals surface area contributed by atoms with Gasteiger partial charge in [0, 0.05) is 24.5 Å². The molecule has 4 heteroatoms. The van der Waals surface area contributed by atoms with Crippen LogP contribution >= 0.6 is 0 Å². The second-order valence-corrected chi connectivity index (χ2v) is 4.56. The van der Waals surface area contributed by atoms with Crippen LogP contribution in [0.15, 0.2) is 54.9 Å². The smallest absolute Gasteiger partial charge is 0.230 e. The summed E-state index contributed by atoms with van der Waals surface area (Å²) in [5.74, 6) is -0.219. The molecule has 0 unspecified atom stereocenters. The van der Waals surface area contributed by atoms with Gasteiger partial charge in [0.15, 0.2) is 5.78 Å². The summed E-state index contributed by atoms with van der Waals surface area (Å²) in [6, 6.07) is 9.18. The van der Waals surface area contributed by atoms with Crippen molar-refractivity contribution < 1.29 is 9.59 Å². The van der Waals surface area contributed by atoms with Gasteiger partial charge in [-0.1, -0.05) is 42.5 Å². The highest BCUT2D eigenvalue weighted by molar-refractivity contribution is 5.97. The highest BCUT2D eigenvalue weighted by atomic mass is 16.1. The van der Waals surface area contributed by atoms with E-state index in [0.29, 0.717) is 12.1 Å². The number of carbonyl (C=O) groups excluding carboxylic acids is 2. The van der Waals surface area contributed by atoms with Gasteiger partial charge in [-0.25, -0.2) is 0 Å². The molecule has 1 amide bonds. The second kappa shape index (κ2) is 6.70. The summed E-state index contributed by atoms with van der Waals surface area (Å²) >= 11 is 0. The molecule has 0 radical (unpaired) electrons. The lowest BCUT2D eigenvalue weighted by Crippen LogP contribution is -2.31. The van der Waals surface area contributed by atoms with Crippen LogP contribution < -0.4 is 5.32 Å². The molecular formula is C16H18N2O2. The van der Waals surface area contributed by atoms with Crippen molar-refractivity contribution in [3.8, 4) is 0 Å². The number of carbonyl (C=O) groups is 2. The van der Waals surface area contributed by atoms with E-state index in [2.05, 4.69) is 5.32 Å². The minimum Gasteiger partial charge on any atom is -0.356 e. The minimum absolute atomic E-state index is 0.0194. The van der Waals surface area contributed by atoms with Crippen LogP contribution in [-0.2, 0) is 4.79 Å². The molecule has 0 spiro atoms. The highest BCUT2D eigenvalue weighted by Crippen LogP contribution is 2.11. The van der Waals surface area contributed by atoms with Gasteiger partial charge in [0.25, 0.3) is 0 Å². The van der Waals surface area contributed by atoms with Gasteiger partial charge >= 0.3 is 0 Å². The average molecular weight is 270 g/mol. The molecule has 0 saturated carbocycles. The van der Waals surface area contributed by atoms with Crippen LogP contribution in [-0.4, -0.2) is 29.7 Å². The van der Waals surface area contributed by atoms with E-state index in [1.54, 1.807) is 41.6 Å². The van der Waals surface area contributed by atoms with Crippen LogP contribution in [0.5, 0.6) is 0 Å². The normalized spacial score (nSPS) is 14.3. The molecule has 1 heterocycles. The molecule has 0 aliphatic carbocycles. The largest absolute Gasteiger partial charge is 0.356 e. The highest BCUT2D eigenvalue weighted by Gasteiger charge is 2.16. The first-order chi connectivity index (χ1) is 9.70. The van der Waals surface area contributed by atoms with Crippen molar-refractivity contribution in [2.75, 3.05) is 13.1 Å². The molecule has 0 atom stereocenters. The molecule has 1 aliphatic rings. The lowest BCUT2D eigenvalue weighted by atomic mass is 10.1. The fourth-order valence-corrected chi connectivity index (χ4v) is 1.97. The maximum absolute atomic E-state index is 12.0. The summed E-state index contributed by atoms with van der Waals surface area (Å²) in [6.07, 6.45) is 7.15. The molecule has 20 heavy (non-hydrogen) atoms. The van der Waals surface area contributed by atoms with Crippen LogP contribution in [0.25, 0.3) is 0 Å². The van der Waals surface area contributed by atoms with E-state index in [4.69, 9.17) is 0 Å². The van der Waals surface area contributed by atoms with E-state index >= 15 is 0 Å². The quantitative estimate of drug-likeness (QED) is 0.832. The summed E-state index contributed by atoms with van der Waals surface area (Å²) in [4.78, 5) is 25.5. The Labute approximate surface area is 118 Å². The Morgan fingerprint density at radius 3 is 2.40 bits per heavy atom. The van der Waals surface area contributed by atoms with Gasteiger partial charge in [0.2, 0.25) is 5.91 Å². The van der Waals surface area contributed by atoms with Crippen molar-refractivity contribution in [1.29, 1.82) is 0 Å².